The van der Waals surface area contributed by atoms with Gasteiger partial charge < -0.3 is 10.2 Å². The van der Waals surface area contributed by atoms with E-state index < -0.39 is 0 Å². The number of aryl methyl sites for hydroxylation is 1. The van der Waals surface area contributed by atoms with Crippen molar-refractivity contribution in [1.82, 2.24) is 0 Å². The minimum Gasteiger partial charge on any atom is -0.489 e. The van der Waals surface area contributed by atoms with Crippen LogP contribution in [0.3, 0.4) is 0 Å². The van der Waals surface area contributed by atoms with Gasteiger partial charge in [0.05, 0.1) is 0 Å². The van der Waals surface area contributed by atoms with E-state index >= 15 is 0 Å². The van der Waals surface area contributed by atoms with E-state index in [1.165, 1.54) is 0 Å². The molecular formula is C10H14N2O. The van der Waals surface area contributed by atoms with Gasteiger partial charge in [0.25, 0.3) is 0 Å². The Bertz CT molecular complexity index is 297. The van der Waals surface area contributed by atoms with Crippen molar-refractivity contribution in [2.75, 3.05) is 12.0 Å². The molecule has 0 heterocycles. The molecule has 13 heavy (non-hydrogen) atoms. The molecule has 0 atom stereocenters. The summed E-state index contributed by atoms with van der Waals surface area (Å²) < 4.78 is 5.40. The molecule has 0 bridgehead atoms. The topological polar surface area (TPSA) is 47.3 Å². The average molecular weight is 178 g/mol. The molecule has 3 heteroatoms. The SMILES string of the molecule is C=CCOc1ccc(NN)cc1C. The minimum absolute atomic E-state index is 0.524. The molecule has 0 aliphatic carbocycles. The molecule has 0 amide bonds. The Kier molecular flexibility index (Phi) is 3.34. The van der Waals surface area contributed by atoms with Crippen molar-refractivity contribution in [2.45, 2.75) is 6.92 Å². The maximum absolute atomic E-state index is 5.40. The molecule has 0 spiro atoms. The first kappa shape index (κ1) is 9.61. The van der Waals surface area contributed by atoms with E-state index in [-0.39, 0.29) is 0 Å². The predicted octanol–water partition coefficient (Wildman–Crippen LogP) is 1.85. The summed E-state index contributed by atoms with van der Waals surface area (Å²) in [7, 11) is 0. The number of anilines is 1. The van der Waals surface area contributed by atoms with Crippen LogP contribution in [0.25, 0.3) is 0 Å². The second kappa shape index (κ2) is 4.52. The first-order valence-corrected chi connectivity index (χ1v) is 4.09. The first-order chi connectivity index (χ1) is 6.27. The summed E-state index contributed by atoms with van der Waals surface area (Å²) in [6.45, 7) is 6.08. The van der Waals surface area contributed by atoms with Gasteiger partial charge in [0, 0.05) is 5.69 Å². The zero-order valence-electron chi connectivity index (χ0n) is 7.71. The van der Waals surface area contributed by atoms with Gasteiger partial charge in [-0.1, -0.05) is 12.7 Å². The van der Waals surface area contributed by atoms with Gasteiger partial charge in [-0.2, -0.15) is 0 Å². The second-order valence-electron chi connectivity index (χ2n) is 2.72. The lowest BCUT2D eigenvalue weighted by Crippen LogP contribution is -2.06. The molecule has 0 aliphatic heterocycles. The summed E-state index contributed by atoms with van der Waals surface area (Å²) in [6.07, 6.45) is 1.72. The number of nitrogens with one attached hydrogen (secondary N) is 1. The predicted molar refractivity (Wildman–Crippen MR) is 54.7 cm³/mol. The lowest BCUT2D eigenvalue weighted by molar-refractivity contribution is 0.361. The van der Waals surface area contributed by atoms with Gasteiger partial charge in [0.1, 0.15) is 12.4 Å². The van der Waals surface area contributed by atoms with Crippen LogP contribution in [0.15, 0.2) is 30.9 Å². The number of ether oxygens (including phenoxy) is 1. The van der Waals surface area contributed by atoms with Crippen molar-refractivity contribution in [1.29, 1.82) is 0 Å². The minimum atomic E-state index is 0.524. The Morgan fingerprint density at radius 3 is 2.92 bits per heavy atom. The highest BCUT2D eigenvalue weighted by molar-refractivity contribution is 5.49. The third-order valence-corrected chi connectivity index (χ3v) is 1.70. The number of rotatable bonds is 4. The van der Waals surface area contributed by atoms with Gasteiger partial charge in [-0.25, -0.2) is 0 Å². The molecule has 0 saturated heterocycles. The molecule has 70 valence electrons. The van der Waals surface area contributed by atoms with E-state index in [1.807, 2.05) is 25.1 Å². The van der Waals surface area contributed by atoms with E-state index in [4.69, 9.17) is 10.6 Å². The molecule has 3 N–H and O–H groups in total. The molecule has 1 aromatic carbocycles. The van der Waals surface area contributed by atoms with Crippen LogP contribution in [0.1, 0.15) is 5.56 Å². The maximum atomic E-state index is 5.40. The quantitative estimate of drug-likeness (QED) is 0.420. The number of hydrazine groups is 1. The lowest BCUT2D eigenvalue weighted by atomic mass is 10.2. The third-order valence-electron chi connectivity index (χ3n) is 1.70. The molecule has 0 unspecified atom stereocenters. The smallest absolute Gasteiger partial charge is 0.122 e. The number of hydrogen-bond donors (Lipinski definition) is 2. The first-order valence-electron chi connectivity index (χ1n) is 4.09. The van der Waals surface area contributed by atoms with Crippen LogP contribution in [-0.2, 0) is 0 Å². The van der Waals surface area contributed by atoms with Crippen LogP contribution in [-0.4, -0.2) is 6.61 Å². The van der Waals surface area contributed by atoms with Crippen molar-refractivity contribution in [3.63, 3.8) is 0 Å². The van der Waals surface area contributed by atoms with Crippen LogP contribution >= 0.6 is 0 Å². The van der Waals surface area contributed by atoms with E-state index in [2.05, 4.69) is 12.0 Å². The monoisotopic (exact) mass is 178 g/mol. The Balaban J connectivity index is 2.78. The average Bonchev–Trinajstić information content (AvgIpc) is 2.16. The summed E-state index contributed by atoms with van der Waals surface area (Å²) >= 11 is 0. The van der Waals surface area contributed by atoms with E-state index in [0.29, 0.717) is 6.61 Å². The van der Waals surface area contributed by atoms with Crippen LogP contribution in [0.4, 0.5) is 5.69 Å². The maximum Gasteiger partial charge on any atom is 0.122 e. The molecular weight excluding hydrogens is 164 g/mol. The Hall–Kier alpha value is -1.48. The summed E-state index contributed by atoms with van der Waals surface area (Å²) in [5.74, 6) is 6.12. The standard InChI is InChI=1S/C10H14N2O/c1-3-6-13-10-5-4-9(12-11)7-8(10)2/h3-5,7,12H,1,6,11H2,2H3. The van der Waals surface area contributed by atoms with Crippen LogP contribution in [0.2, 0.25) is 0 Å². The lowest BCUT2D eigenvalue weighted by Gasteiger charge is -2.08. The Morgan fingerprint density at radius 2 is 2.38 bits per heavy atom. The van der Waals surface area contributed by atoms with Gasteiger partial charge >= 0.3 is 0 Å². The van der Waals surface area contributed by atoms with Crippen molar-refractivity contribution >= 4 is 5.69 Å². The molecule has 0 radical (unpaired) electrons. The van der Waals surface area contributed by atoms with Gasteiger partial charge in [-0.15, -0.1) is 0 Å². The summed E-state index contributed by atoms with van der Waals surface area (Å²) in [6, 6.07) is 5.68. The summed E-state index contributed by atoms with van der Waals surface area (Å²) in [4.78, 5) is 0. The van der Waals surface area contributed by atoms with Crippen LogP contribution in [0.5, 0.6) is 5.75 Å². The molecule has 1 aromatic rings. The zero-order valence-corrected chi connectivity index (χ0v) is 7.71. The number of benzene rings is 1. The fourth-order valence-electron chi connectivity index (χ4n) is 1.05. The van der Waals surface area contributed by atoms with Crippen molar-refractivity contribution in [3.05, 3.63) is 36.4 Å². The number of hydrogen-bond acceptors (Lipinski definition) is 3. The molecule has 0 aliphatic rings. The van der Waals surface area contributed by atoms with Crippen molar-refractivity contribution in [3.8, 4) is 5.75 Å². The highest BCUT2D eigenvalue weighted by Crippen LogP contribution is 2.21. The van der Waals surface area contributed by atoms with E-state index in [0.717, 1.165) is 17.0 Å². The fraction of sp³-hybridized carbons (Fsp3) is 0.200. The number of nitrogens with two attached hydrogens (primary N) is 1. The van der Waals surface area contributed by atoms with Crippen molar-refractivity contribution in [2.24, 2.45) is 5.84 Å². The Labute approximate surface area is 78.2 Å². The Morgan fingerprint density at radius 1 is 1.62 bits per heavy atom. The van der Waals surface area contributed by atoms with Gasteiger partial charge in [-0.05, 0) is 30.7 Å². The van der Waals surface area contributed by atoms with Crippen LogP contribution < -0.4 is 16.0 Å². The zero-order chi connectivity index (χ0) is 9.68. The van der Waals surface area contributed by atoms with Gasteiger partial charge in [-0.3, -0.25) is 5.84 Å². The summed E-state index contributed by atoms with van der Waals surface area (Å²) in [5, 5.41) is 0. The largest absolute Gasteiger partial charge is 0.489 e. The van der Waals surface area contributed by atoms with Crippen LogP contribution in [0, 0.1) is 6.92 Å². The van der Waals surface area contributed by atoms with Gasteiger partial charge in [0.2, 0.25) is 0 Å². The van der Waals surface area contributed by atoms with E-state index in [9.17, 15) is 0 Å². The highest BCUT2D eigenvalue weighted by atomic mass is 16.5. The van der Waals surface area contributed by atoms with Gasteiger partial charge in [0.15, 0.2) is 0 Å². The molecule has 0 saturated carbocycles. The molecule has 0 aromatic heterocycles. The molecule has 3 nitrogen and oxygen atoms in total. The van der Waals surface area contributed by atoms with E-state index in [1.54, 1.807) is 6.08 Å². The summed E-state index contributed by atoms with van der Waals surface area (Å²) in [5.41, 5.74) is 4.51. The third kappa shape index (κ3) is 2.49. The molecule has 1 rings (SSSR count). The second-order valence-corrected chi connectivity index (χ2v) is 2.72. The highest BCUT2D eigenvalue weighted by Gasteiger charge is 1.98. The number of nitrogen functional groups attached to an aromatic ring is 1. The molecule has 0 fully saturated rings. The van der Waals surface area contributed by atoms with Crippen molar-refractivity contribution < 1.29 is 4.74 Å². The normalized spacial score (nSPS) is 9.38. The fourth-order valence-corrected chi connectivity index (χ4v) is 1.05.